The lowest BCUT2D eigenvalue weighted by molar-refractivity contribution is -0.136. The molecule has 0 bridgehead atoms. The van der Waals surface area contributed by atoms with Crippen molar-refractivity contribution in [3.05, 3.63) is 63.7 Å². The number of fused-ring (bicyclic) bond motifs is 1. The summed E-state index contributed by atoms with van der Waals surface area (Å²) in [6.07, 6.45) is 0.118. The van der Waals surface area contributed by atoms with Gasteiger partial charge < -0.3 is 19.5 Å². The van der Waals surface area contributed by atoms with Gasteiger partial charge in [0.1, 0.15) is 11.6 Å². The molecule has 0 unspecified atom stereocenters. The molecule has 0 aliphatic carbocycles. The number of nitrogens with one attached hydrogen (secondary N) is 1. The van der Waals surface area contributed by atoms with Gasteiger partial charge in [0.25, 0.3) is 5.56 Å². The second kappa shape index (κ2) is 9.62. The number of benzene rings is 2. The fourth-order valence-corrected chi connectivity index (χ4v) is 4.25. The molecule has 1 aliphatic heterocycles. The first-order valence-electron chi connectivity index (χ1n) is 10.9. The molecule has 3 aromatic rings. The van der Waals surface area contributed by atoms with Crippen molar-refractivity contribution in [1.29, 1.82) is 0 Å². The lowest BCUT2D eigenvalue weighted by atomic mass is 10.1. The lowest BCUT2D eigenvalue weighted by Gasteiger charge is -2.24. The number of hydrogen-bond donors (Lipinski definition) is 1. The third kappa shape index (κ3) is 4.71. The molecule has 1 fully saturated rings. The Balaban J connectivity index is 1.53. The molecule has 2 amide bonds. The third-order valence-corrected chi connectivity index (χ3v) is 5.92. The van der Waals surface area contributed by atoms with E-state index in [-0.39, 0.29) is 36.9 Å². The van der Waals surface area contributed by atoms with Crippen LogP contribution >= 0.6 is 11.6 Å². The molecule has 172 valence electrons. The maximum absolute atomic E-state index is 13.3. The zero-order valence-corrected chi connectivity index (χ0v) is 19.3. The van der Waals surface area contributed by atoms with Crippen molar-refractivity contribution in [2.45, 2.75) is 26.8 Å². The van der Waals surface area contributed by atoms with E-state index in [0.29, 0.717) is 46.3 Å². The van der Waals surface area contributed by atoms with Gasteiger partial charge in [0.15, 0.2) is 0 Å². The van der Waals surface area contributed by atoms with Crippen molar-refractivity contribution < 1.29 is 14.3 Å². The molecule has 1 N–H and O–H groups in total. The van der Waals surface area contributed by atoms with E-state index in [4.69, 9.17) is 16.3 Å². The number of ether oxygens (including phenoxy) is 1. The van der Waals surface area contributed by atoms with Crippen LogP contribution in [0.4, 0.5) is 5.69 Å². The maximum Gasteiger partial charge on any atom is 0.258 e. The van der Waals surface area contributed by atoms with Crippen LogP contribution in [0.1, 0.15) is 26.1 Å². The monoisotopic (exact) mass is 468 g/mol. The molecular formula is C24H25ClN4O4. The molecule has 8 nitrogen and oxygen atoms in total. The Labute approximate surface area is 196 Å². The quantitative estimate of drug-likeness (QED) is 0.573. The van der Waals surface area contributed by atoms with Gasteiger partial charge in [-0.25, -0.2) is 4.98 Å². The number of aromatic nitrogens is 2. The third-order valence-electron chi connectivity index (χ3n) is 5.68. The highest BCUT2D eigenvalue weighted by molar-refractivity contribution is 6.31. The SMILES string of the molecule is CCOc1ccccc1N1C[C@H](C(=O)N(CC)Cc2nc3cc(Cl)ccc3c(=O)[nH]2)CC1=O. The molecule has 1 aliphatic rings. The maximum atomic E-state index is 13.3. The Morgan fingerprint density at radius 2 is 2.03 bits per heavy atom. The van der Waals surface area contributed by atoms with Gasteiger partial charge in [-0.3, -0.25) is 14.4 Å². The average Bonchev–Trinajstić information content (AvgIpc) is 3.18. The topological polar surface area (TPSA) is 95.6 Å². The number of halogens is 1. The number of carbonyl (C=O) groups is 2. The number of anilines is 1. The first-order chi connectivity index (χ1) is 15.9. The van der Waals surface area contributed by atoms with Gasteiger partial charge in [0.2, 0.25) is 11.8 Å². The smallest absolute Gasteiger partial charge is 0.258 e. The Hall–Kier alpha value is -3.39. The molecule has 1 saturated heterocycles. The van der Waals surface area contributed by atoms with Crippen LogP contribution in [0, 0.1) is 5.92 Å². The van der Waals surface area contributed by atoms with E-state index in [0.717, 1.165) is 0 Å². The molecule has 2 heterocycles. The number of amides is 2. The number of aromatic amines is 1. The molecule has 4 rings (SSSR count). The molecule has 0 spiro atoms. The predicted octanol–water partition coefficient (Wildman–Crippen LogP) is 3.38. The molecule has 0 saturated carbocycles. The van der Waals surface area contributed by atoms with Crippen molar-refractivity contribution in [2.24, 2.45) is 5.92 Å². The minimum atomic E-state index is -0.492. The van der Waals surface area contributed by atoms with Gasteiger partial charge in [-0.1, -0.05) is 23.7 Å². The van der Waals surface area contributed by atoms with E-state index < -0.39 is 5.92 Å². The standard InChI is InChI=1S/C24H25ClN4O4/c1-3-28(14-21-26-18-12-16(25)9-10-17(18)23(31)27-21)24(32)15-11-22(30)29(13-15)19-7-5-6-8-20(19)33-4-2/h5-10,12,15H,3-4,11,13-14H2,1-2H3,(H,26,27,31)/t15-/m1/s1. The summed E-state index contributed by atoms with van der Waals surface area (Å²) in [5.74, 6) is 0.214. The fourth-order valence-electron chi connectivity index (χ4n) is 4.08. The van der Waals surface area contributed by atoms with Gasteiger partial charge in [0, 0.05) is 24.5 Å². The molecule has 1 atom stereocenters. The van der Waals surface area contributed by atoms with Gasteiger partial charge in [-0.2, -0.15) is 0 Å². The summed E-state index contributed by atoms with van der Waals surface area (Å²) in [5, 5.41) is 0.911. The summed E-state index contributed by atoms with van der Waals surface area (Å²) >= 11 is 6.04. The normalized spacial score (nSPS) is 15.8. The van der Waals surface area contributed by atoms with Crippen LogP contribution in [-0.2, 0) is 16.1 Å². The highest BCUT2D eigenvalue weighted by Crippen LogP contribution is 2.33. The molecule has 33 heavy (non-hydrogen) atoms. The average molecular weight is 469 g/mol. The largest absolute Gasteiger partial charge is 0.492 e. The van der Waals surface area contributed by atoms with Crippen molar-refractivity contribution in [3.8, 4) is 5.75 Å². The number of hydrogen-bond acceptors (Lipinski definition) is 5. The van der Waals surface area contributed by atoms with E-state index in [1.807, 2.05) is 38.1 Å². The van der Waals surface area contributed by atoms with E-state index in [1.54, 1.807) is 28.0 Å². The Morgan fingerprint density at radius 1 is 1.24 bits per heavy atom. The summed E-state index contributed by atoms with van der Waals surface area (Å²) in [4.78, 5) is 48.9. The first-order valence-corrected chi connectivity index (χ1v) is 11.3. The van der Waals surface area contributed by atoms with E-state index >= 15 is 0 Å². The lowest BCUT2D eigenvalue weighted by Crippen LogP contribution is -2.37. The van der Waals surface area contributed by atoms with Crippen molar-refractivity contribution >= 4 is 40.0 Å². The molecule has 2 aromatic carbocycles. The fraction of sp³-hybridized carbons (Fsp3) is 0.333. The minimum Gasteiger partial charge on any atom is -0.492 e. The summed E-state index contributed by atoms with van der Waals surface area (Å²) < 4.78 is 5.66. The van der Waals surface area contributed by atoms with Crippen molar-refractivity contribution in [2.75, 3.05) is 24.6 Å². The Bertz CT molecular complexity index is 1260. The Kier molecular flexibility index (Phi) is 6.65. The minimum absolute atomic E-state index is 0.118. The number of nitrogens with zero attached hydrogens (tertiary/aromatic N) is 3. The van der Waals surface area contributed by atoms with Crippen LogP contribution in [0.3, 0.4) is 0 Å². The van der Waals surface area contributed by atoms with Crippen LogP contribution < -0.4 is 15.2 Å². The zero-order valence-electron chi connectivity index (χ0n) is 18.5. The van der Waals surface area contributed by atoms with Crippen LogP contribution in [0.25, 0.3) is 10.9 Å². The highest BCUT2D eigenvalue weighted by Gasteiger charge is 2.38. The summed E-state index contributed by atoms with van der Waals surface area (Å²) in [5.41, 5.74) is 0.851. The second-order valence-electron chi connectivity index (χ2n) is 7.83. The molecular weight excluding hydrogens is 444 g/mol. The van der Waals surface area contributed by atoms with Gasteiger partial charge in [-0.05, 0) is 44.2 Å². The zero-order chi connectivity index (χ0) is 23.5. The van der Waals surface area contributed by atoms with Crippen LogP contribution in [0.2, 0.25) is 5.02 Å². The van der Waals surface area contributed by atoms with Gasteiger partial charge in [0.05, 0.1) is 35.7 Å². The summed E-state index contributed by atoms with van der Waals surface area (Å²) in [6.45, 7) is 5.03. The van der Waals surface area contributed by atoms with Crippen LogP contribution in [-0.4, -0.2) is 46.4 Å². The van der Waals surface area contributed by atoms with E-state index in [1.165, 1.54) is 0 Å². The van der Waals surface area contributed by atoms with Crippen LogP contribution in [0.15, 0.2) is 47.3 Å². The highest BCUT2D eigenvalue weighted by atomic mass is 35.5. The van der Waals surface area contributed by atoms with Crippen molar-refractivity contribution in [3.63, 3.8) is 0 Å². The first kappa shape index (κ1) is 22.8. The predicted molar refractivity (Wildman–Crippen MR) is 127 cm³/mol. The summed E-state index contributed by atoms with van der Waals surface area (Å²) in [6, 6.07) is 12.2. The molecule has 0 radical (unpaired) electrons. The Morgan fingerprint density at radius 3 is 2.79 bits per heavy atom. The van der Waals surface area contributed by atoms with Crippen molar-refractivity contribution in [1.82, 2.24) is 14.9 Å². The van der Waals surface area contributed by atoms with Gasteiger partial charge in [-0.15, -0.1) is 0 Å². The molecule has 9 heteroatoms. The van der Waals surface area contributed by atoms with Crippen LogP contribution in [0.5, 0.6) is 5.75 Å². The molecule has 1 aromatic heterocycles. The summed E-state index contributed by atoms with van der Waals surface area (Å²) in [7, 11) is 0. The van der Waals surface area contributed by atoms with E-state index in [9.17, 15) is 14.4 Å². The number of rotatable bonds is 7. The van der Waals surface area contributed by atoms with E-state index in [2.05, 4.69) is 9.97 Å². The number of H-pyrrole nitrogens is 1. The number of carbonyl (C=O) groups excluding carboxylic acids is 2. The van der Waals surface area contributed by atoms with Gasteiger partial charge >= 0.3 is 0 Å². The number of para-hydroxylation sites is 2. The second-order valence-corrected chi connectivity index (χ2v) is 8.27.